The molecule has 1 unspecified atom stereocenters. The van der Waals surface area contributed by atoms with Crippen LogP contribution in [-0.4, -0.2) is 17.2 Å². The average Bonchev–Trinajstić information content (AvgIpc) is 1.21. The first-order chi connectivity index (χ1) is 3.42. The normalized spacial score (nSPS) is 16.1. The minimum absolute atomic E-state index is 0.317. The van der Waals surface area contributed by atoms with Crippen molar-refractivity contribution in [3.05, 3.63) is 0 Å². The van der Waals surface area contributed by atoms with Gasteiger partial charge < -0.3 is 5.11 Å². The molecule has 0 aromatic heterocycles. The number of halogens is 3. The van der Waals surface area contributed by atoms with Crippen LogP contribution < -0.4 is 0 Å². The van der Waals surface area contributed by atoms with Gasteiger partial charge in [0.2, 0.25) is 0 Å². The predicted molar refractivity (Wildman–Crippen MR) is 39.8 cm³/mol. The van der Waals surface area contributed by atoms with Gasteiger partial charge in [0.05, 0.1) is 6.10 Å². The van der Waals surface area contributed by atoms with Crippen molar-refractivity contribution in [2.24, 2.45) is 0 Å². The number of aliphatic hydroxyl groups excluding tert-OH is 1. The fourth-order valence-electron chi connectivity index (χ4n) is 0.335. The Balaban J connectivity index is 3.39. The number of hydrogen-bond acceptors (Lipinski definition) is 1. The zero-order chi connectivity index (χ0) is 6.78. The molecule has 0 aliphatic heterocycles. The van der Waals surface area contributed by atoms with E-state index < -0.39 is 12.1 Å². The van der Waals surface area contributed by atoms with Crippen molar-refractivity contribution in [2.45, 2.75) is 19.1 Å². The highest BCUT2D eigenvalue weighted by Crippen LogP contribution is 2.25. The van der Waals surface area contributed by atoms with E-state index in [1.54, 1.807) is 6.92 Å². The molecule has 8 heavy (non-hydrogen) atoms. The first-order valence-corrected chi connectivity index (χ1v) is 7.41. The van der Waals surface area contributed by atoms with Crippen LogP contribution in [0.4, 0.5) is 0 Å². The van der Waals surface area contributed by atoms with E-state index in [1.807, 2.05) is 0 Å². The van der Waals surface area contributed by atoms with Gasteiger partial charge in [-0.1, -0.05) is 0 Å². The van der Waals surface area contributed by atoms with Crippen LogP contribution in [-0.2, 0) is 0 Å². The topological polar surface area (TPSA) is 20.2 Å². The SMILES string of the molecule is CC(O)C[Si](Cl)(Cl)Cl. The quantitative estimate of drug-likeness (QED) is 0.526. The second kappa shape index (κ2) is 3.27. The van der Waals surface area contributed by atoms with Gasteiger partial charge in [-0.2, -0.15) is 0 Å². The molecule has 0 aliphatic rings. The maximum atomic E-state index is 8.67. The van der Waals surface area contributed by atoms with Crippen LogP contribution in [0.3, 0.4) is 0 Å². The molecule has 0 aliphatic carbocycles. The molecule has 0 heterocycles. The summed E-state index contributed by atoms with van der Waals surface area (Å²) in [4.78, 5) is 0. The molecular weight excluding hydrogens is 186 g/mol. The number of rotatable bonds is 2. The molecule has 0 amide bonds. The van der Waals surface area contributed by atoms with Crippen LogP contribution >= 0.6 is 33.2 Å². The molecule has 0 saturated heterocycles. The summed E-state index contributed by atoms with van der Waals surface area (Å²) in [6, 6.07) is -2.24. The van der Waals surface area contributed by atoms with Crippen molar-refractivity contribution in [3.8, 4) is 0 Å². The number of aliphatic hydroxyl groups is 1. The van der Waals surface area contributed by atoms with Gasteiger partial charge in [-0.3, -0.25) is 0 Å². The highest BCUT2D eigenvalue weighted by Gasteiger charge is 2.26. The smallest absolute Gasteiger partial charge is 0.343 e. The first kappa shape index (κ1) is 9.05. The summed E-state index contributed by atoms with van der Waals surface area (Å²) in [6.45, 7) is 1.61. The van der Waals surface area contributed by atoms with Gasteiger partial charge in [-0.15, -0.1) is 33.2 Å². The first-order valence-electron chi connectivity index (χ1n) is 2.16. The minimum Gasteiger partial charge on any atom is -0.394 e. The Morgan fingerprint density at radius 3 is 1.88 bits per heavy atom. The van der Waals surface area contributed by atoms with Crippen molar-refractivity contribution in [1.29, 1.82) is 0 Å². The summed E-state index contributed by atoms with van der Waals surface area (Å²) < 4.78 is 0. The third kappa shape index (κ3) is 7.05. The highest BCUT2D eigenvalue weighted by atomic mass is 35.8. The lowest BCUT2D eigenvalue weighted by Gasteiger charge is -2.08. The molecule has 0 bridgehead atoms. The summed E-state index contributed by atoms with van der Waals surface area (Å²) in [6.07, 6.45) is -0.492. The second-order valence-corrected chi connectivity index (χ2v) is 10.9. The third-order valence-electron chi connectivity index (χ3n) is 0.527. The Bertz CT molecular complexity index is 69.4. The molecule has 0 spiro atoms. The molecule has 0 aromatic rings. The fourth-order valence-corrected chi connectivity index (χ4v) is 3.01. The fraction of sp³-hybridized carbons (Fsp3) is 1.00. The van der Waals surface area contributed by atoms with Gasteiger partial charge in [0.15, 0.2) is 0 Å². The molecular formula is C3H7Cl3OSi. The van der Waals surface area contributed by atoms with E-state index in [1.165, 1.54) is 0 Å². The number of hydrogen-bond donors (Lipinski definition) is 1. The van der Waals surface area contributed by atoms with E-state index in [-0.39, 0.29) is 0 Å². The van der Waals surface area contributed by atoms with Gasteiger partial charge in [0.1, 0.15) is 0 Å². The maximum Gasteiger partial charge on any atom is 0.343 e. The van der Waals surface area contributed by atoms with E-state index >= 15 is 0 Å². The van der Waals surface area contributed by atoms with Crippen molar-refractivity contribution < 1.29 is 5.11 Å². The Kier molecular flexibility index (Phi) is 3.70. The van der Waals surface area contributed by atoms with E-state index in [4.69, 9.17) is 38.3 Å². The van der Waals surface area contributed by atoms with Gasteiger partial charge in [-0.25, -0.2) is 0 Å². The molecule has 1 nitrogen and oxygen atoms in total. The summed E-state index contributed by atoms with van der Waals surface area (Å²) >= 11 is 16.3. The van der Waals surface area contributed by atoms with Gasteiger partial charge in [0, 0.05) is 6.04 Å². The van der Waals surface area contributed by atoms with E-state index in [0.717, 1.165) is 0 Å². The largest absolute Gasteiger partial charge is 0.394 e. The maximum absolute atomic E-state index is 8.67. The standard InChI is InChI=1S/C3H7Cl3OSi/c1-3(7)2-8(4,5)6/h3,7H,2H2,1H3. The van der Waals surface area contributed by atoms with Crippen molar-refractivity contribution in [2.75, 3.05) is 0 Å². The second-order valence-electron chi connectivity index (χ2n) is 1.67. The Labute approximate surface area is 63.7 Å². The van der Waals surface area contributed by atoms with Gasteiger partial charge in [-0.05, 0) is 6.92 Å². The van der Waals surface area contributed by atoms with Crippen LogP contribution in [0.2, 0.25) is 6.04 Å². The van der Waals surface area contributed by atoms with Crippen molar-refractivity contribution in [3.63, 3.8) is 0 Å². The minimum atomic E-state index is -2.55. The summed E-state index contributed by atoms with van der Waals surface area (Å²) in [5.74, 6) is 0. The Morgan fingerprint density at radius 1 is 1.50 bits per heavy atom. The highest BCUT2D eigenvalue weighted by molar-refractivity contribution is 7.64. The lowest BCUT2D eigenvalue weighted by atomic mass is 10.5. The van der Waals surface area contributed by atoms with Crippen molar-refractivity contribution >= 4 is 39.2 Å². The third-order valence-corrected chi connectivity index (χ3v) is 2.97. The Morgan fingerprint density at radius 2 is 1.88 bits per heavy atom. The van der Waals surface area contributed by atoms with Crippen molar-refractivity contribution in [1.82, 2.24) is 0 Å². The van der Waals surface area contributed by atoms with Crippen LogP contribution in [0.5, 0.6) is 0 Å². The van der Waals surface area contributed by atoms with E-state index in [0.29, 0.717) is 6.04 Å². The Hall–Kier alpha value is 1.05. The summed E-state index contributed by atoms with van der Waals surface area (Å²) in [5.41, 5.74) is 0. The average molecular weight is 194 g/mol. The summed E-state index contributed by atoms with van der Waals surface area (Å²) in [7, 11) is 0. The van der Waals surface area contributed by atoms with Crippen LogP contribution in [0.1, 0.15) is 6.92 Å². The molecule has 0 fully saturated rings. The van der Waals surface area contributed by atoms with Crippen LogP contribution in [0.25, 0.3) is 0 Å². The van der Waals surface area contributed by atoms with Gasteiger partial charge in [0.25, 0.3) is 0 Å². The van der Waals surface area contributed by atoms with E-state index in [9.17, 15) is 0 Å². The zero-order valence-electron chi connectivity index (χ0n) is 4.37. The molecule has 5 heteroatoms. The van der Waals surface area contributed by atoms with E-state index in [2.05, 4.69) is 0 Å². The molecule has 0 rings (SSSR count). The zero-order valence-corrected chi connectivity index (χ0v) is 7.63. The lowest BCUT2D eigenvalue weighted by Crippen LogP contribution is -2.16. The molecule has 0 saturated carbocycles. The lowest BCUT2D eigenvalue weighted by molar-refractivity contribution is 0.215. The van der Waals surface area contributed by atoms with Crippen LogP contribution in [0.15, 0.2) is 0 Å². The molecule has 50 valence electrons. The van der Waals surface area contributed by atoms with Crippen LogP contribution in [0, 0.1) is 0 Å². The predicted octanol–water partition coefficient (Wildman–Crippen LogP) is 2.02. The molecule has 0 aromatic carbocycles. The monoisotopic (exact) mass is 192 g/mol. The molecule has 1 atom stereocenters. The molecule has 0 radical (unpaired) electrons. The molecule has 1 N–H and O–H groups in total. The van der Waals surface area contributed by atoms with Gasteiger partial charge >= 0.3 is 6.00 Å². The summed E-state index contributed by atoms with van der Waals surface area (Å²) in [5, 5.41) is 8.67.